The molecule has 2 aromatic rings. The molecule has 7 atom stereocenters. The quantitative estimate of drug-likeness (QED) is 0.128. The van der Waals surface area contributed by atoms with Gasteiger partial charge in [0.1, 0.15) is 66.0 Å². The minimum atomic E-state index is -2.49. The minimum absolute atomic E-state index is 0.162. The standard InChI is InChI=1S/C28H34N2O11/c1-14-6-19(32)16-7-15-8-24(27(2,3)40-21(15)10-22(16)39-14)41-38-12-23(34)28(37,26(36)20(33)11-31)13-30-18-4-5-29-17(18)9-25(30)35/h4-7,9-10,18,20,23-24,26,31,33-37H,8,11-13H2,1-3H3. The Morgan fingerprint density at radius 3 is 2.76 bits per heavy atom. The van der Waals surface area contributed by atoms with E-state index in [4.69, 9.17) is 18.9 Å². The van der Waals surface area contributed by atoms with Gasteiger partial charge >= 0.3 is 0 Å². The Balaban J connectivity index is 1.30. The molecule has 4 heterocycles. The molecule has 13 heteroatoms. The van der Waals surface area contributed by atoms with E-state index in [0.29, 0.717) is 33.8 Å². The number of rotatable bonds is 10. The predicted molar refractivity (Wildman–Crippen MR) is 141 cm³/mol. The maximum atomic E-state index is 12.6. The first kappa shape index (κ1) is 29.4. The number of benzene rings is 1. The molecule has 0 saturated heterocycles. The summed E-state index contributed by atoms with van der Waals surface area (Å²) in [5, 5.41) is 65.6. The highest BCUT2D eigenvalue weighted by molar-refractivity contribution is 6.02. The normalized spacial score (nSPS) is 26.4. The van der Waals surface area contributed by atoms with Gasteiger partial charge < -0.3 is 44.7 Å². The largest absolute Gasteiger partial charge is 0.831 e. The van der Waals surface area contributed by atoms with Crippen LogP contribution in [0.15, 0.2) is 56.6 Å². The van der Waals surface area contributed by atoms with E-state index in [2.05, 4.69) is 4.99 Å². The molecule has 1 aromatic heterocycles. The molecule has 0 saturated carbocycles. The van der Waals surface area contributed by atoms with Crippen molar-refractivity contribution in [2.75, 3.05) is 19.8 Å². The molecule has 3 aliphatic rings. The minimum Gasteiger partial charge on any atom is -0.831 e. The summed E-state index contributed by atoms with van der Waals surface area (Å²) in [5.74, 6) is 0.568. The van der Waals surface area contributed by atoms with E-state index in [1.54, 1.807) is 39.0 Å². The fourth-order valence-corrected chi connectivity index (χ4v) is 5.43. The van der Waals surface area contributed by atoms with Crippen molar-refractivity contribution < 1.29 is 54.5 Å². The van der Waals surface area contributed by atoms with Crippen molar-refractivity contribution in [3.63, 3.8) is 0 Å². The van der Waals surface area contributed by atoms with Crippen molar-refractivity contribution in [3.8, 4) is 5.75 Å². The summed E-state index contributed by atoms with van der Waals surface area (Å²) in [6.07, 6.45) is -1.70. The Kier molecular flexibility index (Phi) is 7.82. The van der Waals surface area contributed by atoms with Crippen LogP contribution in [0.25, 0.3) is 11.0 Å². The number of ether oxygens (including phenoxy) is 1. The first-order chi connectivity index (χ1) is 19.3. The summed E-state index contributed by atoms with van der Waals surface area (Å²) >= 11 is 0. The van der Waals surface area contributed by atoms with E-state index >= 15 is 0 Å². The maximum Gasteiger partial charge on any atom is 0.192 e. The fraction of sp³-hybridized carbons (Fsp3) is 0.500. The van der Waals surface area contributed by atoms with Crippen molar-refractivity contribution in [1.82, 2.24) is 0 Å². The summed E-state index contributed by atoms with van der Waals surface area (Å²) < 4.78 is 11.8. The van der Waals surface area contributed by atoms with E-state index in [0.717, 1.165) is 0 Å². The van der Waals surface area contributed by atoms with Crippen LogP contribution < -0.4 is 20.2 Å². The molecule has 7 unspecified atom stereocenters. The molecule has 0 radical (unpaired) electrons. The Hall–Kier alpha value is -3.14. The number of aryl methyl sites for hydroxylation is 1. The lowest BCUT2D eigenvalue weighted by molar-refractivity contribution is -0.920. The molecule has 222 valence electrons. The van der Waals surface area contributed by atoms with Gasteiger partial charge in [-0.2, -0.15) is 0 Å². The third kappa shape index (κ3) is 5.43. The van der Waals surface area contributed by atoms with Gasteiger partial charge in [-0.25, -0.2) is 9.78 Å². The number of quaternary nitrogens is 1. The second-order valence-electron chi connectivity index (χ2n) is 11.2. The van der Waals surface area contributed by atoms with E-state index in [9.17, 15) is 35.4 Å². The van der Waals surface area contributed by atoms with Crippen LogP contribution in [0, 0.1) is 6.92 Å². The van der Waals surface area contributed by atoms with E-state index in [-0.39, 0.29) is 16.7 Å². The second kappa shape index (κ2) is 10.9. The SMILES string of the molecule is Cc1cc(=O)c2cc3c(cc2o1)OC(C)(C)C(OOCC(O)C(O)(C[NH+]1C([O-])=CC2=NC=CC21)C(O)C(O)CO)C3. The van der Waals surface area contributed by atoms with Gasteiger partial charge in [0, 0.05) is 30.8 Å². The number of aliphatic hydroxyl groups excluding tert-OH is 4. The third-order valence-corrected chi connectivity index (χ3v) is 7.90. The zero-order valence-corrected chi connectivity index (χ0v) is 22.8. The van der Waals surface area contributed by atoms with Gasteiger partial charge in [0.15, 0.2) is 17.1 Å². The first-order valence-electron chi connectivity index (χ1n) is 13.3. The second-order valence-corrected chi connectivity index (χ2v) is 11.2. The number of aliphatic imine (C=N–C) groups is 1. The number of fused-ring (bicyclic) bond motifs is 3. The van der Waals surface area contributed by atoms with Crippen LogP contribution in [-0.4, -0.2) is 92.7 Å². The number of hydrogen-bond acceptors (Lipinski definition) is 12. The first-order valence-corrected chi connectivity index (χ1v) is 13.3. The molecular weight excluding hydrogens is 540 g/mol. The Labute approximate surface area is 234 Å². The van der Waals surface area contributed by atoms with Crippen LogP contribution in [-0.2, 0) is 16.2 Å². The zero-order chi connectivity index (χ0) is 29.7. The summed E-state index contributed by atoms with van der Waals surface area (Å²) in [6, 6.07) is 4.20. The Morgan fingerprint density at radius 1 is 1.27 bits per heavy atom. The van der Waals surface area contributed by atoms with Crippen LogP contribution in [0.4, 0.5) is 0 Å². The maximum absolute atomic E-state index is 12.6. The molecule has 0 spiro atoms. The van der Waals surface area contributed by atoms with Crippen LogP contribution in [0.2, 0.25) is 0 Å². The Bertz CT molecular complexity index is 1460. The van der Waals surface area contributed by atoms with Gasteiger partial charge in [0.05, 0.1) is 17.9 Å². The van der Waals surface area contributed by atoms with Crippen molar-refractivity contribution >= 4 is 16.7 Å². The molecule has 0 bridgehead atoms. The number of hydrogen-bond donors (Lipinski definition) is 6. The van der Waals surface area contributed by atoms with Gasteiger partial charge in [-0.1, -0.05) is 0 Å². The van der Waals surface area contributed by atoms with Crippen LogP contribution in [0.5, 0.6) is 5.75 Å². The third-order valence-electron chi connectivity index (χ3n) is 7.90. The van der Waals surface area contributed by atoms with Crippen molar-refractivity contribution in [2.24, 2.45) is 4.99 Å². The molecule has 13 nitrogen and oxygen atoms in total. The highest BCUT2D eigenvalue weighted by Gasteiger charge is 2.52. The van der Waals surface area contributed by atoms with E-state index < -0.39 is 67.3 Å². The van der Waals surface area contributed by atoms with Gasteiger partial charge in [-0.15, -0.1) is 0 Å². The molecule has 5 rings (SSSR count). The highest BCUT2D eigenvalue weighted by Crippen LogP contribution is 2.37. The van der Waals surface area contributed by atoms with Crippen LogP contribution in [0.1, 0.15) is 25.2 Å². The average Bonchev–Trinajstić information content (AvgIpc) is 3.48. The molecule has 3 aliphatic heterocycles. The molecule has 0 amide bonds. The number of nitrogens with one attached hydrogen (secondary N) is 1. The van der Waals surface area contributed by atoms with Crippen molar-refractivity contribution in [3.05, 3.63) is 64.0 Å². The summed E-state index contributed by atoms with van der Waals surface area (Å²) in [7, 11) is 0. The van der Waals surface area contributed by atoms with Gasteiger partial charge in [-0.05, 0) is 38.5 Å². The summed E-state index contributed by atoms with van der Waals surface area (Å²) in [6.45, 7) is 3.12. The summed E-state index contributed by atoms with van der Waals surface area (Å²) in [5.41, 5.74) is -2.07. The number of nitrogens with zero attached hydrogens (tertiary/aromatic N) is 1. The average molecular weight is 575 g/mol. The summed E-state index contributed by atoms with van der Waals surface area (Å²) in [4.78, 5) is 27.7. The zero-order valence-electron chi connectivity index (χ0n) is 22.8. The Morgan fingerprint density at radius 2 is 2.02 bits per heavy atom. The van der Waals surface area contributed by atoms with E-state index in [1.807, 2.05) is 0 Å². The van der Waals surface area contributed by atoms with Crippen molar-refractivity contribution in [1.29, 1.82) is 0 Å². The lowest BCUT2D eigenvalue weighted by atomic mass is 9.86. The van der Waals surface area contributed by atoms with E-state index in [1.165, 1.54) is 18.3 Å². The topological polar surface area (TPSA) is 199 Å². The fourth-order valence-electron chi connectivity index (χ4n) is 5.43. The molecule has 1 aromatic carbocycles. The molecule has 0 aliphatic carbocycles. The van der Waals surface area contributed by atoms with Crippen LogP contribution >= 0.6 is 0 Å². The number of aliphatic hydroxyl groups is 5. The lowest BCUT2D eigenvalue weighted by Crippen LogP contribution is -3.17. The smallest absolute Gasteiger partial charge is 0.192 e. The highest BCUT2D eigenvalue weighted by atomic mass is 17.2. The van der Waals surface area contributed by atoms with Crippen LogP contribution in [0.3, 0.4) is 0 Å². The lowest BCUT2D eigenvalue weighted by Gasteiger charge is -2.41. The monoisotopic (exact) mass is 574 g/mol. The van der Waals surface area contributed by atoms with Crippen molar-refractivity contribution in [2.45, 2.75) is 68.9 Å². The van der Waals surface area contributed by atoms with Gasteiger partial charge in [-0.3, -0.25) is 9.79 Å². The molecule has 0 fully saturated rings. The molecule has 6 N–H and O–H groups in total. The van der Waals surface area contributed by atoms with Gasteiger partial charge in [0.25, 0.3) is 0 Å². The van der Waals surface area contributed by atoms with Gasteiger partial charge in [0.2, 0.25) is 0 Å². The predicted octanol–water partition coefficient (Wildman–Crippen LogP) is -2.63. The molecular formula is C28H34N2O11. The molecule has 41 heavy (non-hydrogen) atoms.